The summed E-state index contributed by atoms with van der Waals surface area (Å²) in [5, 5.41) is 22.2. The minimum absolute atomic E-state index is 0.142. The molecule has 2 rings (SSSR count). The van der Waals surface area contributed by atoms with Crippen LogP contribution in [-0.2, 0) is 4.79 Å². The zero-order valence-corrected chi connectivity index (χ0v) is 14.5. The van der Waals surface area contributed by atoms with Crippen molar-refractivity contribution in [3.05, 3.63) is 66.0 Å². The van der Waals surface area contributed by atoms with Crippen molar-refractivity contribution in [1.29, 1.82) is 0 Å². The highest BCUT2D eigenvalue weighted by Gasteiger charge is 2.17. The van der Waals surface area contributed by atoms with E-state index in [0.29, 0.717) is 29.8 Å². The summed E-state index contributed by atoms with van der Waals surface area (Å²) in [6, 6.07) is 10.8. The number of nitrogens with two attached hydrogens (primary N) is 1. The number of carbonyl (C=O) groups is 1. The zero-order valence-electron chi connectivity index (χ0n) is 14.5. The van der Waals surface area contributed by atoms with Crippen molar-refractivity contribution in [1.82, 2.24) is 0 Å². The number of anilines is 2. The second-order valence-electron chi connectivity index (χ2n) is 6.19. The topological polar surface area (TPSA) is 95.6 Å². The molecule has 0 saturated carbocycles. The van der Waals surface area contributed by atoms with Gasteiger partial charge in [-0.1, -0.05) is 31.2 Å². The Labute approximate surface area is 152 Å². The van der Waals surface area contributed by atoms with Gasteiger partial charge in [-0.25, -0.2) is 4.39 Å². The van der Waals surface area contributed by atoms with Gasteiger partial charge in [0.05, 0.1) is 17.5 Å². The van der Waals surface area contributed by atoms with Gasteiger partial charge in [0.2, 0.25) is 5.91 Å². The number of phenols is 1. The smallest absolute Gasteiger partial charge is 0.248 e. The van der Waals surface area contributed by atoms with Crippen LogP contribution in [0.2, 0.25) is 0 Å². The molecule has 0 saturated heterocycles. The van der Waals surface area contributed by atoms with E-state index in [1.807, 2.05) is 6.92 Å². The van der Waals surface area contributed by atoms with E-state index in [2.05, 4.69) is 5.32 Å². The van der Waals surface area contributed by atoms with Crippen LogP contribution >= 0.6 is 0 Å². The summed E-state index contributed by atoms with van der Waals surface area (Å²) in [6.07, 6.45) is 3.48. The summed E-state index contributed by atoms with van der Waals surface area (Å²) in [5.41, 5.74) is 7.22. The van der Waals surface area contributed by atoms with Crippen LogP contribution in [0.1, 0.15) is 31.4 Å². The number of rotatable bonds is 7. The number of nitrogen functional groups attached to an aromatic ring is 1. The first kappa shape index (κ1) is 19.5. The number of hydrogen-bond donors (Lipinski definition) is 4. The molecule has 0 aliphatic heterocycles. The molecule has 2 atom stereocenters. The van der Waals surface area contributed by atoms with Crippen molar-refractivity contribution in [3.63, 3.8) is 0 Å². The van der Waals surface area contributed by atoms with E-state index >= 15 is 0 Å². The first-order valence-corrected chi connectivity index (χ1v) is 8.37. The van der Waals surface area contributed by atoms with Crippen LogP contribution in [0.25, 0.3) is 0 Å². The lowest BCUT2D eigenvalue weighted by Crippen LogP contribution is -2.10. The maximum absolute atomic E-state index is 13.4. The minimum Gasteiger partial charge on any atom is -0.505 e. The number of carbonyl (C=O) groups excluding carboxylic acids is 1. The molecular weight excluding hydrogens is 335 g/mol. The Bertz CT molecular complexity index is 792. The second-order valence-corrected chi connectivity index (χ2v) is 6.19. The van der Waals surface area contributed by atoms with Crippen molar-refractivity contribution in [2.45, 2.75) is 25.9 Å². The van der Waals surface area contributed by atoms with Crippen molar-refractivity contribution < 1.29 is 19.4 Å². The highest BCUT2D eigenvalue weighted by Crippen LogP contribution is 2.28. The average molecular weight is 358 g/mol. The Morgan fingerprint density at radius 2 is 2.04 bits per heavy atom. The maximum Gasteiger partial charge on any atom is 0.248 e. The van der Waals surface area contributed by atoms with Gasteiger partial charge in [0, 0.05) is 0 Å². The van der Waals surface area contributed by atoms with Gasteiger partial charge in [-0.2, -0.15) is 0 Å². The normalized spacial score (nSPS) is 13.5. The van der Waals surface area contributed by atoms with Crippen LogP contribution in [0.5, 0.6) is 5.75 Å². The fraction of sp³-hybridized carbons (Fsp3) is 0.250. The predicted molar refractivity (Wildman–Crippen MR) is 100 cm³/mol. The SMILES string of the molecule is C[C@H](CC/C=C/C(=O)Nc1ccccc1N)[C@H](O)c1ccc(O)c(F)c1. The van der Waals surface area contributed by atoms with E-state index in [1.54, 1.807) is 30.3 Å². The van der Waals surface area contributed by atoms with Crippen LogP contribution in [0.4, 0.5) is 15.8 Å². The van der Waals surface area contributed by atoms with E-state index in [9.17, 15) is 19.4 Å². The summed E-state index contributed by atoms with van der Waals surface area (Å²) in [6.45, 7) is 1.84. The highest BCUT2D eigenvalue weighted by molar-refractivity contribution is 6.01. The summed E-state index contributed by atoms with van der Waals surface area (Å²) < 4.78 is 13.4. The molecule has 2 aromatic carbocycles. The molecule has 0 aromatic heterocycles. The largest absolute Gasteiger partial charge is 0.505 e. The number of aromatic hydroxyl groups is 1. The summed E-state index contributed by atoms with van der Waals surface area (Å²) in [7, 11) is 0. The lowest BCUT2D eigenvalue weighted by atomic mass is 9.93. The lowest BCUT2D eigenvalue weighted by molar-refractivity contribution is -0.111. The van der Waals surface area contributed by atoms with Crippen LogP contribution in [-0.4, -0.2) is 16.1 Å². The number of phenolic OH excluding ortho intramolecular Hbond substituents is 1. The van der Waals surface area contributed by atoms with Gasteiger partial charge in [0.15, 0.2) is 11.6 Å². The first-order chi connectivity index (χ1) is 12.4. The number of amides is 1. The van der Waals surface area contributed by atoms with Gasteiger partial charge in [0.25, 0.3) is 0 Å². The summed E-state index contributed by atoms with van der Waals surface area (Å²) >= 11 is 0. The quantitative estimate of drug-likeness (QED) is 0.448. The van der Waals surface area contributed by atoms with E-state index < -0.39 is 17.7 Å². The lowest BCUT2D eigenvalue weighted by Gasteiger charge is -2.18. The molecule has 2 aromatic rings. The van der Waals surface area contributed by atoms with Gasteiger partial charge in [0.1, 0.15) is 0 Å². The van der Waals surface area contributed by atoms with E-state index in [1.165, 1.54) is 18.2 Å². The number of benzene rings is 2. The van der Waals surface area contributed by atoms with Gasteiger partial charge in [-0.3, -0.25) is 4.79 Å². The zero-order chi connectivity index (χ0) is 19.1. The third kappa shape index (κ3) is 5.32. The van der Waals surface area contributed by atoms with E-state index in [0.717, 1.165) is 6.07 Å². The third-order valence-electron chi connectivity index (χ3n) is 4.13. The molecule has 0 radical (unpaired) electrons. The fourth-order valence-corrected chi connectivity index (χ4v) is 2.53. The van der Waals surface area contributed by atoms with Crippen LogP contribution in [0.15, 0.2) is 54.6 Å². The monoisotopic (exact) mass is 358 g/mol. The molecule has 0 fully saturated rings. The molecule has 0 aliphatic carbocycles. The van der Waals surface area contributed by atoms with Crippen molar-refractivity contribution >= 4 is 17.3 Å². The van der Waals surface area contributed by atoms with Gasteiger partial charge >= 0.3 is 0 Å². The van der Waals surface area contributed by atoms with Crippen LogP contribution in [0, 0.1) is 11.7 Å². The fourth-order valence-electron chi connectivity index (χ4n) is 2.53. The molecule has 5 N–H and O–H groups in total. The molecule has 0 aliphatic rings. The molecule has 0 unspecified atom stereocenters. The standard InChI is InChI=1S/C20H23FN2O3/c1-13(20(26)14-10-11-18(24)15(21)12-14)6-2-5-9-19(25)23-17-8-4-3-7-16(17)22/h3-5,7-13,20,24,26H,2,6,22H2,1H3,(H,23,25)/b9-5+/t13-,20+/m1/s1. The Kier molecular flexibility index (Phi) is 6.74. The number of nitrogens with one attached hydrogen (secondary N) is 1. The summed E-state index contributed by atoms with van der Waals surface area (Å²) in [4.78, 5) is 11.9. The maximum atomic E-state index is 13.4. The molecule has 0 spiro atoms. The van der Waals surface area contributed by atoms with Crippen molar-refractivity contribution in [2.24, 2.45) is 5.92 Å². The Morgan fingerprint density at radius 1 is 1.31 bits per heavy atom. The molecule has 5 nitrogen and oxygen atoms in total. The second kappa shape index (κ2) is 9.01. The number of para-hydroxylation sites is 2. The van der Waals surface area contributed by atoms with Gasteiger partial charge < -0.3 is 21.3 Å². The van der Waals surface area contributed by atoms with Crippen molar-refractivity contribution in [3.8, 4) is 5.75 Å². The average Bonchev–Trinajstić information content (AvgIpc) is 2.62. The first-order valence-electron chi connectivity index (χ1n) is 8.37. The Hall–Kier alpha value is -2.86. The molecule has 0 heterocycles. The van der Waals surface area contributed by atoms with Gasteiger partial charge in [-0.05, 0) is 54.7 Å². The predicted octanol–water partition coefficient (Wildman–Crippen LogP) is 3.76. The molecule has 6 heteroatoms. The number of hydrogen-bond acceptors (Lipinski definition) is 4. The highest BCUT2D eigenvalue weighted by atomic mass is 19.1. The van der Waals surface area contributed by atoms with Crippen molar-refractivity contribution in [2.75, 3.05) is 11.1 Å². The molecule has 1 amide bonds. The van der Waals surface area contributed by atoms with Crippen LogP contribution in [0.3, 0.4) is 0 Å². The number of aliphatic hydroxyl groups excluding tert-OH is 1. The number of aliphatic hydroxyl groups is 1. The van der Waals surface area contributed by atoms with E-state index in [4.69, 9.17) is 5.73 Å². The van der Waals surface area contributed by atoms with Gasteiger partial charge in [-0.15, -0.1) is 0 Å². The number of allylic oxidation sites excluding steroid dienone is 1. The molecule has 138 valence electrons. The van der Waals surface area contributed by atoms with E-state index in [-0.39, 0.29) is 11.8 Å². The Morgan fingerprint density at radius 3 is 2.73 bits per heavy atom. The number of halogens is 1. The molecule has 26 heavy (non-hydrogen) atoms. The minimum atomic E-state index is -0.851. The Balaban J connectivity index is 1.82. The van der Waals surface area contributed by atoms with Crippen LogP contribution < -0.4 is 11.1 Å². The molecule has 0 bridgehead atoms. The molecular formula is C20H23FN2O3. The summed E-state index contributed by atoms with van der Waals surface area (Å²) in [5.74, 6) is -1.62. The third-order valence-corrected chi connectivity index (χ3v) is 4.13.